The Bertz CT molecular complexity index is 271. The zero-order valence-electron chi connectivity index (χ0n) is 9.66. The summed E-state index contributed by atoms with van der Waals surface area (Å²) in [5.41, 5.74) is 1.18. The quantitative estimate of drug-likeness (QED) is 0.682. The van der Waals surface area contributed by atoms with Crippen molar-refractivity contribution < 1.29 is 4.79 Å². The highest BCUT2D eigenvalue weighted by molar-refractivity contribution is 7.07. The molecule has 1 heterocycles. The molecule has 0 aliphatic carbocycles. The second-order valence-corrected chi connectivity index (χ2v) is 4.83. The first-order valence-electron chi connectivity index (χ1n) is 5.81. The number of carbonyl (C=O) groups is 1. The molecule has 1 aromatic rings. The summed E-state index contributed by atoms with van der Waals surface area (Å²) in [6, 6.07) is 2.05. The first kappa shape index (κ1) is 12.4. The van der Waals surface area contributed by atoms with Crippen molar-refractivity contribution in [3.8, 4) is 0 Å². The molecule has 0 radical (unpaired) electrons. The summed E-state index contributed by atoms with van der Waals surface area (Å²) in [5.74, 6) is 0.719. The van der Waals surface area contributed by atoms with Crippen LogP contribution in [0, 0.1) is 5.92 Å². The number of ketones is 1. The zero-order chi connectivity index (χ0) is 11.1. The van der Waals surface area contributed by atoms with Gasteiger partial charge in [-0.3, -0.25) is 4.79 Å². The van der Waals surface area contributed by atoms with E-state index in [1.807, 2.05) is 5.38 Å². The molecule has 0 fully saturated rings. The minimum atomic E-state index is 0.292. The Labute approximate surface area is 96.5 Å². The van der Waals surface area contributed by atoms with Gasteiger partial charge in [0.25, 0.3) is 0 Å². The van der Waals surface area contributed by atoms with Gasteiger partial charge in [0.1, 0.15) is 5.78 Å². The minimum absolute atomic E-state index is 0.292. The Morgan fingerprint density at radius 3 is 2.47 bits per heavy atom. The molecule has 0 amide bonds. The van der Waals surface area contributed by atoms with Crippen LogP contribution in [0.25, 0.3) is 0 Å². The Balaban J connectivity index is 2.48. The van der Waals surface area contributed by atoms with Crippen LogP contribution in [0.5, 0.6) is 0 Å². The third-order valence-electron chi connectivity index (χ3n) is 2.69. The third kappa shape index (κ3) is 4.17. The standard InChI is InChI=1S/C13H20OS/c1-3-5-12(6-4-2)13(14)9-11-7-8-15-10-11/h7-8,10,12H,3-6,9H2,1-2H3. The van der Waals surface area contributed by atoms with Crippen molar-refractivity contribution >= 4 is 17.1 Å². The first-order valence-corrected chi connectivity index (χ1v) is 6.76. The second kappa shape index (κ2) is 6.78. The normalized spacial score (nSPS) is 10.9. The van der Waals surface area contributed by atoms with Crippen LogP contribution in [0.2, 0.25) is 0 Å². The number of hydrogen-bond donors (Lipinski definition) is 0. The van der Waals surface area contributed by atoms with Gasteiger partial charge in [-0.1, -0.05) is 26.7 Å². The van der Waals surface area contributed by atoms with Gasteiger partial charge in [0, 0.05) is 12.3 Å². The molecule has 0 aliphatic heterocycles. The predicted molar refractivity (Wildman–Crippen MR) is 66.3 cm³/mol. The molecular formula is C13H20OS. The van der Waals surface area contributed by atoms with Crippen LogP contribution in [0.4, 0.5) is 0 Å². The van der Waals surface area contributed by atoms with E-state index in [4.69, 9.17) is 0 Å². The summed E-state index contributed by atoms with van der Waals surface area (Å²) in [6.45, 7) is 4.31. The van der Waals surface area contributed by atoms with Crippen LogP contribution in [-0.4, -0.2) is 5.78 Å². The second-order valence-electron chi connectivity index (χ2n) is 4.05. The van der Waals surface area contributed by atoms with Gasteiger partial charge in [-0.2, -0.15) is 11.3 Å². The highest BCUT2D eigenvalue weighted by Crippen LogP contribution is 2.18. The van der Waals surface area contributed by atoms with Crippen molar-refractivity contribution in [1.29, 1.82) is 0 Å². The summed E-state index contributed by atoms with van der Waals surface area (Å²) < 4.78 is 0. The number of hydrogen-bond acceptors (Lipinski definition) is 2. The lowest BCUT2D eigenvalue weighted by atomic mass is 9.91. The highest BCUT2D eigenvalue weighted by atomic mass is 32.1. The van der Waals surface area contributed by atoms with E-state index in [9.17, 15) is 4.79 Å². The molecule has 1 nitrogen and oxygen atoms in total. The van der Waals surface area contributed by atoms with Crippen molar-refractivity contribution in [3.63, 3.8) is 0 Å². The van der Waals surface area contributed by atoms with Crippen LogP contribution < -0.4 is 0 Å². The van der Waals surface area contributed by atoms with Gasteiger partial charge in [-0.25, -0.2) is 0 Å². The maximum Gasteiger partial charge on any atom is 0.140 e. The van der Waals surface area contributed by atoms with E-state index in [0.29, 0.717) is 18.1 Å². The van der Waals surface area contributed by atoms with Crippen LogP contribution >= 0.6 is 11.3 Å². The molecule has 0 saturated heterocycles. The average Bonchev–Trinajstić information content (AvgIpc) is 2.70. The topological polar surface area (TPSA) is 17.1 Å². The first-order chi connectivity index (χ1) is 7.27. The van der Waals surface area contributed by atoms with Gasteiger partial charge in [0.05, 0.1) is 0 Å². The summed E-state index contributed by atoms with van der Waals surface area (Å²) in [5, 5.41) is 4.12. The van der Waals surface area contributed by atoms with Gasteiger partial charge >= 0.3 is 0 Å². The number of rotatable bonds is 7. The van der Waals surface area contributed by atoms with Crippen LogP contribution in [0.15, 0.2) is 16.8 Å². The van der Waals surface area contributed by atoms with Crippen molar-refractivity contribution in [3.05, 3.63) is 22.4 Å². The maximum absolute atomic E-state index is 12.0. The molecule has 0 aromatic carbocycles. The van der Waals surface area contributed by atoms with E-state index in [2.05, 4.69) is 25.3 Å². The number of Topliss-reactive ketones (excluding diaryl/α,β-unsaturated/α-hetero) is 1. The molecule has 1 aromatic heterocycles. The van der Waals surface area contributed by atoms with Crippen LogP contribution in [-0.2, 0) is 11.2 Å². The molecule has 2 heteroatoms. The van der Waals surface area contributed by atoms with Gasteiger partial charge in [-0.05, 0) is 35.2 Å². The monoisotopic (exact) mass is 224 g/mol. The van der Waals surface area contributed by atoms with E-state index in [-0.39, 0.29) is 0 Å². The van der Waals surface area contributed by atoms with Crippen LogP contribution in [0.3, 0.4) is 0 Å². The summed E-state index contributed by atoms with van der Waals surface area (Å²) in [4.78, 5) is 12.0. The molecule has 0 saturated carbocycles. The fourth-order valence-corrected chi connectivity index (χ4v) is 2.57. The summed E-state index contributed by atoms with van der Waals surface area (Å²) >= 11 is 1.67. The van der Waals surface area contributed by atoms with Crippen molar-refractivity contribution in [1.82, 2.24) is 0 Å². The summed E-state index contributed by atoms with van der Waals surface area (Å²) in [6.07, 6.45) is 4.96. The predicted octanol–water partition coefficient (Wildman–Crippen LogP) is 4.08. The van der Waals surface area contributed by atoms with Gasteiger partial charge in [0.15, 0.2) is 0 Å². The largest absolute Gasteiger partial charge is 0.299 e. The third-order valence-corrected chi connectivity index (χ3v) is 3.42. The molecule has 0 spiro atoms. The number of carbonyl (C=O) groups excluding carboxylic acids is 1. The van der Waals surface area contributed by atoms with Gasteiger partial charge in [0.2, 0.25) is 0 Å². The minimum Gasteiger partial charge on any atom is -0.299 e. The van der Waals surface area contributed by atoms with Crippen molar-refractivity contribution in [2.45, 2.75) is 46.0 Å². The summed E-state index contributed by atoms with van der Waals surface area (Å²) in [7, 11) is 0. The molecule has 0 N–H and O–H groups in total. The van der Waals surface area contributed by atoms with E-state index >= 15 is 0 Å². The van der Waals surface area contributed by atoms with E-state index in [0.717, 1.165) is 25.7 Å². The Kier molecular flexibility index (Phi) is 5.62. The average molecular weight is 224 g/mol. The van der Waals surface area contributed by atoms with Gasteiger partial charge < -0.3 is 0 Å². The zero-order valence-corrected chi connectivity index (χ0v) is 10.5. The molecule has 1 rings (SSSR count). The highest BCUT2D eigenvalue weighted by Gasteiger charge is 2.16. The maximum atomic E-state index is 12.0. The number of thiophene rings is 1. The lowest BCUT2D eigenvalue weighted by molar-refractivity contribution is -0.122. The van der Waals surface area contributed by atoms with E-state index in [1.165, 1.54) is 5.56 Å². The lowest BCUT2D eigenvalue weighted by Gasteiger charge is -2.13. The Morgan fingerprint density at radius 1 is 1.33 bits per heavy atom. The van der Waals surface area contributed by atoms with E-state index < -0.39 is 0 Å². The van der Waals surface area contributed by atoms with Gasteiger partial charge in [-0.15, -0.1) is 0 Å². The van der Waals surface area contributed by atoms with Crippen molar-refractivity contribution in [2.24, 2.45) is 5.92 Å². The Hall–Kier alpha value is -0.630. The lowest BCUT2D eigenvalue weighted by Crippen LogP contribution is -2.16. The molecule has 0 bridgehead atoms. The Morgan fingerprint density at radius 2 is 2.00 bits per heavy atom. The molecule has 0 atom stereocenters. The smallest absolute Gasteiger partial charge is 0.140 e. The van der Waals surface area contributed by atoms with Crippen molar-refractivity contribution in [2.75, 3.05) is 0 Å². The molecule has 0 aliphatic rings. The SMILES string of the molecule is CCCC(CCC)C(=O)Cc1ccsc1. The molecular weight excluding hydrogens is 204 g/mol. The molecule has 0 unspecified atom stereocenters. The fraction of sp³-hybridized carbons (Fsp3) is 0.615. The molecule has 15 heavy (non-hydrogen) atoms. The van der Waals surface area contributed by atoms with Crippen LogP contribution in [0.1, 0.15) is 45.1 Å². The molecule has 84 valence electrons. The van der Waals surface area contributed by atoms with E-state index in [1.54, 1.807) is 11.3 Å². The fourth-order valence-electron chi connectivity index (χ4n) is 1.90.